The first-order valence-corrected chi connectivity index (χ1v) is 9.08. The molecule has 130 valence electrons. The zero-order valence-electron chi connectivity index (χ0n) is 14.0. The minimum Gasteiger partial charge on any atom is -0.469 e. The molecule has 0 bridgehead atoms. The summed E-state index contributed by atoms with van der Waals surface area (Å²) in [6.07, 6.45) is 2.35. The van der Waals surface area contributed by atoms with Crippen molar-refractivity contribution < 1.29 is 13.6 Å². The van der Waals surface area contributed by atoms with Crippen LogP contribution in [0.3, 0.4) is 0 Å². The van der Waals surface area contributed by atoms with Crippen molar-refractivity contribution in [3.63, 3.8) is 0 Å². The lowest BCUT2D eigenvalue weighted by Crippen LogP contribution is -2.30. The van der Waals surface area contributed by atoms with Gasteiger partial charge in [-0.25, -0.2) is 4.39 Å². The second-order valence-electron chi connectivity index (χ2n) is 5.93. The van der Waals surface area contributed by atoms with E-state index in [4.69, 9.17) is 4.42 Å². The van der Waals surface area contributed by atoms with Crippen LogP contribution in [-0.4, -0.2) is 17.4 Å². The number of benzene rings is 1. The van der Waals surface area contributed by atoms with Crippen molar-refractivity contribution in [3.8, 4) is 0 Å². The van der Waals surface area contributed by atoms with Gasteiger partial charge in [0.1, 0.15) is 11.6 Å². The molecule has 1 atom stereocenters. The average Bonchev–Trinajstić information content (AvgIpc) is 3.29. The van der Waals surface area contributed by atoms with Crippen molar-refractivity contribution in [1.29, 1.82) is 0 Å². The topological polar surface area (TPSA) is 33.5 Å². The van der Waals surface area contributed by atoms with Gasteiger partial charge >= 0.3 is 0 Å². The molecule has 0 spiro atoms. The van der Waals surface area contributed by atoms with Crippen LogP contribution in [0.15, 0.2) is 64.6 Å². The number of halogens is 1. The highest BCUT2D eigenvalue weighted by Gasteiger charge is 2.20. The molecule has 0 saturated carbocycles. The fourth-order valence-electron chi connectivity index (χ4n) is 2.88. The first kappa shape index (κ1) is 17.4. The van der Waals surface area contributed by atoms with Crippen LogP contribution in [0, 0.1) is 5.82 Å². The van der Waals surface area contributed by atoms with E-state index in [9.17, 15) is 9.18 Å². The third-order valence-electron chi connectivity index (χ3n) is 4.22. The van der Waals surface area contributed by atoms with Crippen molar-refractivity contribution >= 4 is 17.2 Å². The van der Waals surface area contributed by atoms with E-state index in [1.54, 1.807) is 36.7 Å². The fourth-order valence-corrected chi connectivity index (χ4v) is 3.60. The van der Waals surface area contributed by atoms with E-state index in [1.165, 1.54) is 12.1 Å². The summed E-state index contributed by atoms with van der Waals surface area (Å²) < 4.78 is 18.8. The van der Waals surface area contributed by atoms with Gasteiger partial charge in [-0.15, -0.1) is 11.3 Å². The Hall–Kier alpha value is -2.40. The van der Waals surface area contributed by atoms with Crippen molar-refractivity contribution in [3.05, 3.63) is 82.2 Å². The van der Waals surface area contributed by atoms with E-state index in [2.05, 4.69) is 0 Å². The smallest absolute Gasteiger partial charge is 0.219 e. The second-order valence-corrected chi connectivity index (χ2v) is 6.96. The third-order valence-corrected chi connectivity index (χ3v) is 5.08. The van der Waals surface area contributed by atoms with Crippen molar-refractivity contribution in [2.75, 3.05) is 6.54 Å². The van der Waals surface area contributed by atoms with Gasteiger partial charge in [0.05, 0.1) is 12.8 Å². The molecule has 3 nitrogen and oxygen atoms in total. The molecule has 0 radical (unpaired) electrons. The Labute approximate surface area is 150 Å². The molecule has 0 aliphatic heterocycles. The molecule has 2 aromatic heterocycles. The first-order chi connectivity index (χ1) is 12.1. The van der Waals surface area contributed by atoms with E-state index < -0.39 is 0 Å². The monoisotopic (exact) mass is 357 g/mol. The Morgan fingerprint density at radius 2 is 2.00 bits per heavy atom. The number of rotatable bonds is 7. The number of thiophene rings is 1. The summed E-state index contributed by atoms with van der Waals surface area (Å²) >= 11 is 1.64. The molecule has 3 aromatic rings. The van der Waals surface area contributed by atoms with E-state index in [0.29, 0.717) is 19.5 Å². The summed E-state index contributed by atoms with van der Waals surface area (Å²) in [7, 11) is 0. The van der Waals surface area contributed by atoms with Crippen LogP contribution >= 0.6 is 11.3 Å². The number of furan rings is 1. The van der Waals surface area contributed by atoms with Gasteiger partial charge in [-0.05, 0) is 47.7 Å². The van der Waals surface area contributed by atoms with Crippen LogP contribution in [-0.2, 0) is 11.3 Å². The van der Waals surface area contributed by atoms with Crippen molar-refractivity contribution in [1.82, 2.24) is 4.90 Å². The maximum Gasteiger partial charge on any atom is 0.219 e. The highest BCUT2D eigenvalue weighted by atomic mass is 32.1. The summed E-state index contributed by atoms with van der Waals surface area (Å²) in [5.41, 5.74) is 0.982. The minimum atomic E-state index is -0.259. The summed E-state index contributed by atoms with van der Waals surface area (Å²) in [6, 6.07) is 14.3. The van der Waals surface area contributed by atoms with Gasteiger partial charge < -0.3 is 9.32 Å². The molecule has 0 N–H and O–H groups in total. The van der Waals surface area contributed by atoms with Gasteiger partial charge in [-0.2, -0.15) is 0 Å². The van der Waals surface area contributed by atoms with Crippen LogP contribution in [0.4, 0.5) is 4.39 Å². The lowest BCUT2D eigenvalue weighted by Gasteiger charge is -2.23. The molecular weight excluding hydrogens is 337 g/mol. The predicted octanol–water partition coefficient (Wildman–Crippen LogP) is 5.05. The van der Waals surface area contributed by atoms with Gasteiger partial charge in [0.15, 0.2) is 0 Å². The van der Waals surface area contributed by atoms with E-state index >= 15 is 0 Å². The Kier molecular flexibility index (Phi) is 5.66. The molecule has 0 fully saturated rings. The molecule has 25 heavy (non-hydrogen) atoms. The van der Waals surface area contributed by atoms with Crippen LogP contribution in [0.5, 0.6) is 0 Å². The molecule has 1 amide bonds. The molecule has 0 saturated heterocycles. The van der Waals surface area contributed by atoms with Gasteiger partial charge in [0.2, 0.25) is 5.91 Å². The number of carbonyl (C=O) groups excluding carboxylic acids is 1. The van der Waals surface area contributed by atoms with Crippen LogP contribution < -0.4 is 0 Å². The molecule has 0 aliphatic rings. The van der Waals surface area contributed by atoms with Crippen LogP contribution in [0.1, 0.15) is 35.5 Å². The Morgan fingerprint density at radius 1 is 1.20 bits per heavy atom. The van der Waals surface area contributed by atoms with E-state index in [0.717, 1.165) is 16.2 Å². The standard InChI is InChI=1S/C20H20FNO2S/c1-15(23)22(14-18-4-3-13-25-18)11-10-19(20-5-2-12-24-20)16-6-8-17(21)9-7-16/h2-9,12-13,19H,10-11,14H2,1H3/t19-/m0/s1. The van der Waals surface area contributed by atoms with Gasteiger partial charge in [-0.1, -0.05) is 18.2 Å². The molecule has 5 heteroatoms. The average molecular weight is 357 g/mol. The maximum atomic E-state index is 13.2. The van der Waals surface area contributed by atoms with Gasteiger partial charge in [-0.3, -0.25) is 4.79 Å². The molecule has 2 heterocycles. The lowest BCUT2D eigenvalue weighted by molar-refractivity contribution is -0.129. The van der Waals surface area contributed by atoms with Crippen molar-refractivity contribution in [2.24, 2.45) is 0 Å². The summed E-state index contributed by atoms with van der Waals surface area (Å²) in [4.78, 5) is 15.0. The molecular formula is C20H20FNO2S. The van der Waals surface area contributed by atoms with Crippen LogP contribution in [0.25, 0.3) is 0 Å². The fraction of sp³-hybridized carbons (Fsp3) is 0.250. The predicted molar refractivity (Wildman–Crippen MR) is 97.0 cm³/mol. The van der Waals surface area contributed by atoms with E-state index in [1.807, 2.05) is 34.5 Å². The summed E-state index contributed by atoms with van der Waals surface area (Å²) in [5, 5.41) is 2.01. The van der Waals surface area contributed by atoms with E-state index in [-0.39, 0.29) is 17.6 Å². The molecule has 1 aromatic carbocycles. The maximum absolute atomic E-state index is 13.2. The Morgan fingerprint density at radius 3 is 2.60 bits per heavy atom. The molecule has 0 unspecified atom stereocenters. The number of carbonyl (C=O) groups is 1. The summed E-state index contributed by atoms with van der Waals surface area (Å²) in [5.74, 6) is 0.600. The van der Waals surface area contributed by atoms with Gasteiger partial charge in [0.25, 0.3) is 0 Å². The zero-order valence-corrected chi connectivity index (χ0v) is 14.8. The highest BCUT2D eigenvalue weighted by Crippen LogP contribution is 2.29. The summed E-state index contributed by atoms with van der Waals surface area (Å²) in [6.45, 7) is 2.81. The normalized spacial score (nSPS) is 12.1. The molecule has 3 rings (SSSR count). The Balaban J connectivity index is 1.75. The number of amides is 1. The quantitative estimate of drug-likeness (QED) is 0.593. The largest absolute Gasteiger partial charge is 0.469 e. The van der Waals surface area contributed by atoms with Gasteiger partial charge in [0, 0.05) is 24.3 Å². The minimum absolute atomic E-state index is 0.0132. The molecule has 0 aliphatic carbocycles. The lowest BCUT2D eigenvalue weighted by atomic mass is 9.93. The number of hydrogen-bond donors (Lipinski definition) is 0. The zero-order chi connectivity index (χ0) is 17.6. The number of nitrogens with zero attached hydrogens (tertiary/aromatic N) is 1. The highest BCUT2D eigenvalue weighted by molar-refractivity contribution is 7.09. The first-order valence-electron chi connectivity index (χ1n) is 8.20. The third kappa shape index (κ3) is 4.57. The SMILES string of the molecule is CC(=O)N(CC[C@@H](c1ccc(F)cc1)c1ccco1)Cc1cccs1. The second kappa shape index (κ2) is 8.12. The Bertz CT molecular complexity index is 782. The van der Waals surface area contributed by atoms with Crippen molar-refractivity contribution in [2.45, 2.75) is 25.8 Å². The number of hydrogen-bond acceptors (Lipinski definition) is 3. The van der Waals surface area contributed by atoms with Crippen LogP contribution in [0.2, 0.25) is 0 Å².